The molecule has 0 saturated heterocycles. The Labute approximate surface area is 102 Å². The Balaban J connectivity index is 1.90. The van der Waals surface area contributed by atoms with Crippen LogP contribution in [0.15, 0.2) is 6.33 Å². The van der Waals surface area contributed by atoms with E-state index in [2.05, 4.69) is 21.8 Å². The SMILES string of the molecule is CCc1c(N)ncnc1N(CC1CC1)C1CC1. The van der Waals surface area contributed by atoms with Crippen molar-refractivity contribution in [1.82, 2.24) is 9.97 Å². The van der Waals surface area contributed by atoms with Crippen LogP contribution in [-0.2, 0) is 6.42 Å². The fraction of sp³-hybridized carbons (Fsp3) is 0.692. The number of rotatable bonds is 5. The highest BCUT2D eigenvalue weighted by molar-refractivity contribution is 5.57. The van der Waals surface area contributed by atoms with Crippen LogP contribution in [0.4, 0.5) is 11.6 Å². The van der Waals surface area contributed by atoms with Crippen molar-refractivity contribution in [2.75, 3.05) is 17.2 Å². The number of anilines is 2. The van der Waals surface area contributed by atoms with Crippen molar-refractivity contribution in [3.8, 4) is 0 Å². The normalized spacial score (nSPS) is 19.4. The van der Waals surface area contributed by atoms with E-state index in [4.69, 9.17) is 5.73 Å². The van der Waals surface area contributed by atoms with Gasteiger partial charge in [0.15, 0.2) is 0 Å². The van der Waals surface area contributed by atoms with E-state index in [-0.39, 0.29) is 0 Å². The van der Waals surface area contributed by atoms with E-state index in [9.17, 15) is 0 Å². The molecule has 0 bridgehead atoms. The molecule has 0 spiro atoms. The summed E-state index contributed by atoms with van der Waals surface area (Å²) in [5.74, 6) is 2.63. The third-order valence-corrected chi connectivity index (χ3v) is 3.72. The summed E-state index contributed by atoms with van der Waals surface area (Å²) in [5, 5.41) is 0. The summed E-state index contributed by atoms with van der Waals surface area (Å²) >= 11 is 0. The van der Waals surface area contributed by atoms with Crippen LogP contribution in [-0.4, -0.2) is 22.6 Å². The molecule has 3 rings (SSSR count). The van der Waals surface area contributed by atoms with Crippen LogP contribution in [0, 0.1) is 5.92 Å². The summed E-state index contributed by atoms with van der Waals surface area (Å²) in [4.78, 5) is 11.1. The number of hydrogen-bond donors (Lipinski definition) is 1. The van der Waals surface area contributed by atoms with E-state index in [0.29, 0.717) is 11.9 Å². The fourth-order valence-electron chi connectivity index (χ4n) is 2.38. The smallest absolute Gasteiger partial charge is 0.137 e. The summed E-state index contributed by atoms with van der Waals surface area (Å²) in [5.41, 5.74) is 7.08. The molecule has 2 saturated carbocycles. The molecule has 0 atom stereocenters. The zero-order chi connectivity index (χ0) is 11.8. The molecule has 17 heavy (non-hydrogen) atoms. The van der Waals surface area contributed by atoms with Crippen molar-refractivity contribution in [1.29, 1.82) is 0 Å². The molecule has 2 fully saturated rings. The second kappa shape index (κ2) is 4.17. The van der Waals surface area contributed by atoms with Gasteiger partial charge in [0.2, 0.25) is 0 Å². The highest BCUT2D eigenvalue weighted by atomic mass is 15.2. The van der Waals surface area contributed by atoms with Gasteiger partial charge in [-0.2, -0.15) is 0 Å². The van der Waals surface area contributed by atoms with Gasteiger partial charge in [-0.3, -0.25) is 0 Å². The highest BCUT2D eigenvalue weighted by Crippen LogP contribution is 2.38. The van der Waals surface area contributed by atoms with Crippen molar-refractivity contribution in [3.63, 3.8) is 0 Å². The predicted octanol–water partition coefficient (Wildman–Crippen LogP) is 2.00. The summed E-state index contributed by atoms with van der Waals surface area (Å²) in [7, 11) is 0. The van der Waals surface area contributed by atoms with Crippen LogP contribution in [0.25, 0.3) is 0 Å². The molecule has 1 heterocycles. The van der Waals surface area contributed by atoms with Gasteiger partial charge in [0, 0.05) is 18.2 Å². The molecule has 0 unspecified atom stereocenters. The molecule has 92 valence electrons. The first-order valence-electron chi connectivity index (χ1n) is 6.65. The van der Waals surface area contributed by atoms with Crippen LogP contribution in [0.5, 0.6) is 0 Å². The number of nitrogens with two attached hydrogens (primary N) is 1. The Morgan fingerprint density at radius 2 is 2.06 bits per heavy atom. The van der Waals surface area contributed by atoms with Crippen molar-refractivity contribution >= 4 is 11.6 Å². The standard InChI is InChI=1S/C13H20N4/c1-2-11-12(14)15-8-16-13(11)17(10-5-6-10)7-9-3-4-9/h8-10H,2-7H2,1H3,(H2,14,15,16). The van der Waals surface area contributed by atoms with Crippen molar-refractivity contribution < 1.29 is 0 Å². The minimum absolute atomic E-state index is 0.652. The van der Waals surface area contributed by atoms with Gasteiger partial charge in [0.1, 0.15) is 18.0 Å². The molecule has 2 aliphatic carbocycles. The average molecular weight is 232 g/mol. The molecular weight excluding hydrogens is 212 g/mol. The van der Waals surface area contributed by atoms with E-state index < -0.39 is 0 Å². The van der Waals surface area contributed by atoms with Gasteiger partial charge >= 0.3 is 0 Å². The van der Waals surface area contributed by atoms with Crippen LogP contribution in [0.2, 0.25) is 0 Å². The molecule has 0 aromatic carbocycles. The average Bonchev–Trinajstić information content (AvgIpc) is 3.17. The second-order valence-corrected chi connectivity index (χ2v) is 5.24. The van der Waals surface area contributed by atoms with E-state index in [1.165, 1.54) is 25.7 Å². The van der Waals surface area contributed by atoms with Crippen molar-refractivity contribution in [3.05, 3.63) is 11.9 Å². The summed E-state index contributed by atoms with van der Waals surface area (Å²) in [6.45, 7) is 3.29. The first-order chi connectivity index (χ1) is 8.29. The van der Waals surface area contributed by atoms with Gasteiger partial charge < -0.3 is 10.6 Å². The van der Waals surface area contributed by atoms with Gasteiger partial charge in [-0.05, 0) is 38.0 Å². The lowest BCUT2D eigenvalue weighted by molar-refractivity contribution is 0.703. The Morgan fingerprint density at radius 1 is 1.29 bits per heavy atom. The van der Waals surface area contributed by atoms with E-state index in [1.807, 2.05) is 0 Å². The summed E-state index contributed by atoms with van der Waals surface area (Å²) in [6.07, 6.45) is 7.89. The van der Waals surface area contributed by atoms with Crippen LogP contribution in [0.3, 0.4) is 0 Å². The molecule has 4 heteroatoms. The largest absolute Gasteiger partial charge is 0.383 e. The molecule has 2 aliphatic rings. The first kappa shape index (κ1) is 10.8. The Kier molecular flexibility index (Phi) is 2.65. The Bertz CT molecular complexity index is 410. The molecule has 2 N–H and O–H groups in total. The lowest BCUT2D eigenvalue weighted by Crippen LogP contribution is -2.30. The zero-order valence-electron chi connectivity index (χ0n) is 10.4. The lowest BCUT2D eigenvalue weighted by Gasteiger charge is -2.25. The fourth-order valence-corrected chi connectivity index (χ4v) is 2.38. The number of hydrogen-bond acceptors (Lipinski definition) is 4. The first-order valence-corrected chi connectivity index (χ1v) is 6.65. The molecule has 0 amide bonds. The van der Waals surface area contributed by atoms with E-state index >= 15 is 0 Å². The number of nitrogens with zero attached hydrogens (tertiary/aromatic N) is 3. The topological polar surface area (TPSA) is 55.0 Å². The molecular formula is C13H20N4. The second-order valence-electron chi connectivity index (χ2n) is 5.24. The summed E-state index contributed by atoms with van der Waals surface area (Å²) in [6, 6.07) is 0.704. The van der Waals surface area contributed by atoms with Crippen LogP contribution < -0.4 is 10.6 Å². The van der Waals surface area contributed by atoms with Gasteiger partial charge in [-0.1, -0.05) is 6.92 Å². The molecule has 0 aliphatic heterocycles. The minimum atomic E-state index is 0.652. The monoisotopic (exact) mass is 232 g/mol. The van der Waals surface area contributed by atoms with Gasteiger partial charge in [0.25, 0.3) is 0 Å². The quantitative estimate of drug-likeness (QED) is 0.843. The highest BCUT2D eigenvalue weighted by Gasteiger charge is 2.35. The third-order valence-electron chi connectivity index (χ3n) is 3.72. The van der Waals surface area contributed by atoms with Gasteiger partial charge in [-0.15, -0.1) is 0 Å². The van der Waals surface area contributed by atoms with Gasteiger partial charge in [-0.25, -0.2) is 9.97 Å². The number of aromatic nitrogens is 2. The predicted molar refractivity (Wildman–Crippen MR) is 68.9 cm³/mol. The minimum Gasteiger partial charge on any atom is -0.383 e. The lowest BCUT2D eigenvalue weighted by atomic mass is 10.2. The summed E-state index contributed by atoms with van der Waals surface area (Å²) < 4.78 is 0. The van der Waals surface area contributed by atoms with E-state index in [1.54, 1.807) is 6.33 Å². The molecule has 4 nitrogen and oxygen atoms in total. The van der Waals surface area contributed by atoms with E-state index in [0.717, 1.165) is 30.3 Å². The van der Waals surface area contributed by atoms with Crippen molar-refractivity contribution in [2.24, 2.45) is 5.92 Å². The zero-order valence-corrected chi connectivity index (χ0v) is 10.4. The maximum atomic E-state index is 5.96. The Hall–Kier alpha value is -1.32. The van der Waals surface area contributed by atoms with Gasteiger partial charge in [0.05, 0.1) is 0 Å². The molecule has 1 aromatic heterocycles. The third kappa shape index (κ3) is 2.21. The van der Waals surface area contributed by atoms with Crippen LogP contribution in [0.1, 0.15) is 38.2 Å². The number of nitrogen functional groups attached to an aromatic ring is 1. The molecule has 1 aromatic rings. The molecule has 0 radical (unpaired) electrons. The Morgan fingerprint density at radius 3 is 2.65 bits per heavy atom. The maximum Gasteiger partial charge on any atom is 0.137 e. The van der Waals surface area contributed by atoms with Crippen LogP contribution >= 0.6 is 0 Å². The maximum absolute atomic E-state index is 5.96. The van der Waals surface area contributed by atoms with Crippen molar-refractivity contribution in [2.45, 2.75) is 45.1 Å².